The van der Waals surface area contributed by atoms with Gasteiger partial charge in [-0.2, -0.15) is 10.5 Å². The van der Waals surface area contributed by atoms with E-state index in [4.69, 9.17) is 5.26 Å². The quantitative estimate of drug-likeness (QED) is 0.718. The smallest absolute Gasteiger partial charge is 0.251 e. The Labute approximate surface area is 132 Å². The number of rotatable bonds is 5. The fourth-order valence-electron chi connectivity index (χ4n) is 1.99. The number of anilines is 1. The third kappa shape index (κ3) is 3.52. The van der Waals surface area contributed by atoms with E-state index in [9.17, 15) is 4.79 Å². The molecule has 1 saturated carbocycles. The van der Waals surface area contributed by atoms with Crippen LogP contribution in [-0.2, 0) is 0 Å². The van der Waals surface area contributed by atoms with E-state index in [1.807, 2.05) is 19.1 Å². The molecule has 1 aliphatic carbocycles. The van der Waals surface area contributed by atoms with E-state index in [1.165, 1.54) is 6.20 Å². The van der Waals surface area contributed by atoms with Crippen molar-refractivity contribution in [2.75, 3.05) is 5.32 Å². The Morgan fingerprint density at radius 2 is 2.30 bits per heavy atom. The maximum absolute atomic E-state index is 12.1. The Hall–Kier alpha value is -3.21. The van der Waals surface area contributed by atoms with Gasteiger partial charge in [0.15, 0.2) is 0 Å². The predicted octanol–water partition coefficient (Wildman–Crippen LogP) is 1.38. The summed E-state index contributed by atoms with van der Waals surface area (Å²) in [5.74, 6) is 0.124. The number of aromatic nitrogens is 4. The molecule has 0 spiro atoms. The van der Waals surface area contributed by atoms with Crippen LogP contribution in [0.3, 0.4) is 0 Å². The van der Waals surface area contributed by atoms with E-state index in [-0.39, 0.29) is 17.3 Å². The summed E-state index contributed by atoms with van der Waals surface area (Å²) in [4.78, 5) is 12.1. The molecule has 8 heteroatoms. The molecule has 1 aromatic carbocycles. The predicted molar refractivity (Wildman–Crippen MR) is 83.1 cm³/mol. The second kappa shape index (κ2) is 6.27. The van der Waals surface area contributed by atoms with Crippen LogP contribution in [0.15, 0.2) is 24.4 Å². The number of hydrogen-bond acceptors (Lipinski definition) is 6. The summed E-state index contributed by atoms with van der Waals surface area (Å²) in [6.07, 6.45) is 3.58. The number of allylic oxidation sites excluding steroid dienone is 1. The Morgan fingerprint density at radius 1 is 1.48 bits per heavy atom. The zero-order chi connectivity index (χ0) is 16.2. The summed E-state index contributed by atoms with van der Waals surface area (Å²) in [7, 11) is 0. The minimum absolute atomic E-state index is 0.0850. The van der Waals surface area contributed by atoms with Crippen LogP contribution in [-0.4, -0.2) is 32.6 Å². The standard InChI is InChI=1S/C15H15N7O/c1-9-2-3-10(15(23)18-12-4-5-12)6-13(9)17-8-11(7-16)14-19-21-22-20-14/h2-3,6,8,12,17H,4-5H2,1H3,(H,18,23)(H,19,20,21,22). The lowest BCUT2D eigenvalue weighted by Gasteiger charge is -2.09. The number of aryl methyl sites for hydroxylation is 1. The van der Waals surface area contributed by atoms with Crippen molar-refractivity contribution >= 4 is 17.2 Å². The van der Waals surface area contributed by atoms with Gasteiger partial charge in [-0.1, -0.05) is 6.07 Å². The second-order valence-corrected chi connectivity index (χ2v) is 5.33. The first-order valence-electron chi connectivity index (χ1n) is 7.19. The minimum Gasteiger partial charge on any atom is -0.360 e. The third-order valence-electron chi connectivity index (χ3n) is 3.49. The first kappa shape index (κ1) is 14.7. The Kier molecular flexibility index (Phi) is 4.01. The normalized spacial score (nSPS) is 14.2. The van der Waals surface area contributed by atoms with Gasteiger partial charge in [0.2, 0.25) is 5.82 Å². The summed E-state index contributed by atoms with van der Waals surface area (Å²) < 4.78 is 0. The van der Waals surface area contributed by atoms with Crippen molar-refractivity contribution in [1.82, 2.24) is 25.9 Å². The Bertz CT molecular complexity index is 785. The first-order valence-corrected chi connectivity index (χ1v) is 7.19. The summed E-state index contributed by atoms with van der Waals surface area (Å²) in [6.45, 7) is 1.92. The van der Waals surface area contributed by atoms with Crippen LogP contribution in [0.2, 0.25) is 0 Å². The molecule has 0 radical (unpaired) electrons. The highest BCUT2D eigenvalue weighted by atomic mass is 16.1. The van der Waals surface area contributed by atoms with Gasteiger partial charge in [0, 0.05) is 23.5 Å². The van der Waals surface area contributed by atoms with Crippen molar-refractivity contribution < 1.29 is 4.79 Å². The lowest BCUT2D eigenvalue weighted by molar-refractivity contribution is 0.0951. The number of nitrogens with one attached hydrogen (secondary N) is 3. The number of amides is 1. The maximum atomic E-state index is 12.1. The van der Waals surface area contributed by atoms with E-state index in [0.717, 1.165) is 24.1 Å². The Morgan fingerprint density at radius 3 is 2.96 bits per heavy atom. The van der Waals surface area contributed by atoms with Gasteiger partial charge in [0.1, 0.15) is 11.6 Å². The SMILES string of the molecule is Cc1ccc(C(=O)NC2CC2)cc1NC=C(C#N)c1nn[nH]n1. The van der Waals surface area contributed by atoms with Crippen LogP contribution in [0.5, 0.6) is 0 Å². The van der Waals surface area contributed by atoms with Crippen LogP contribution in [0.25, 0.3) is 5.57 Å². The number of aromatic amines is 1. The molecule has 3 N–H and O–H groups in total. The molecule has 1 fully saturated rings. The average Bonchev–Trinajstić information content (AvgIpc) is 3.20. The van der Waals surface area contributed by atoms with E-state index < -0.39 is 0 Å². The van der Waals surface area contributed by atoms with E-state index in [2.05, 4.69) is 31.3 Å². The van der Waals surface area contributed by atoms with Crippen LogP contribution < -0.4 is 10.6 Å². The monoisotopic (exact) mass is 309 g/mol. The fraction of sp³-hybridized carbons (Fsp3) is 0.267. The third-order valence-corrected chi connectivity index (χ3v) is 3.49. The molecule has 1 heterocycles. The number of carbonyl (C=O) groups is 1. The molecule has 0 bridgehead atoms. The summed E-state index contributed by atoms with van der Waals surface area (Å²) in [6, 6.07) is 7.71. The van der Waals surface area contributed by atoms with Crippen molar-refractivity contribution in [2.45, 2.75) is 25.8 Å². The molecule has 116 valence electrons. The number of nitrogens with zero attached hydrogens (tertiary/aromatic N) is 4. The molecule has 0 unspecified atom stereocenters. The second-order valence-electron chi connectivity index (χ2n) is 5.33. The van der Waals surface area contributed by atoms with Gasteiger partial charge < -0.3 is 10.6 Å². The van der Waals surface area contributed by atoms with Gasteiger partial charge in [-0.15, -0.1) is 10.2 Å². The largest absolute Gasteiger partial charge is 0.360 e. The van der Waals surface area contributed by atoms with Crippen molar-refractivity contribution in [1.29, 1.82) is 5.26 Å². The molecule has 1 aromatic heterocycles. The summed E-state index contributed by atoms with van der Waals surface area (Å²) in [5.41, 5.74) is 2.52. The number of tetrazole rings is 1. The molecule has 1 aliphatic rings. The Balaban J connectivity index is 1.79. The zero-order valence-electron chi connectivity index (χ0n) is 12.5. The molecule has 8 nitrogen and oxygen atoms in total. The molecule has 0 saturated heterocycles. The van der Waals surface area contributed by atoms with Gasteiger partial charge in [-0.05, 0) is 42.7 Å². The molecule has 0 aliphatic heterocycles. The summed E-state index contributed by atoms with van der Waals surface area (Å²) in [5, 5.41) is 28.4. The van der Waals surface area contributed by atoms with Crippen LogP contribution >= 0.6 is 0 Å². The van der Waals surface area contributed by atoms with E-state index in [1.54, 1.807) is 12.1 Å². The highest BCUT2D eigenvalue weighted by molar-refractivity contribution is 5.95. The van der Waals surface area contributed by atoms with E-state index in [0.29, 0.717) is 11.6 Å². The zero-order valence-corrected chi connectivity index (χ0v) is 12.5. The van der Waals surface area contributed by atoms with Crippen LogP contribution in [0, 0.1) is 18.3 Å². The number of carbonyl (C=O) groups excluding carboxylic acids is 1. The van der Waals surface area contributed by atoms with E-state index >= 15 is 0 Å². The highest BCUT2D eigenvalue weighted by Gasteiger charge is 2.23. The first-order chi connectivity index (χ1) is 11.2. The molecule has 2 aromatic rings. The van der Waals surface area contributed by atoms with Gasteiger partial charge in [0.25, 0.3) is 5.91 Å². The van der Waals surface area contributed by atoms with Crippen molar-refractivity contribution in [3.05, 3.63) is 41.4 Å². The molecular weight excluding hydrogens is 294 g/mol. The number of hydrogen-bond donors (Lipinski definition) is 3. The molecule has 1 amide bonds. The topological polar surface area (TPSA) is 119 Å². The molecule has 3 rings (SSSR count). The maximum Gasteiger partial charge on any atom is 0.251 e. The van der Waals surface area contributed by atoms with Gasteiger partial charge in [-0.25, -0.2) is 0 Å². The fourth-order valence-corrected chi connectivity index (χ4v) is 1.99. The van der Waals surface area contributed by atoms with Gasteiger partial charge in [-0.3, -0.25) is 4.79 Å². The lowest BCUT2D eigenvalue weighted by Crippen LogP contribution is -2.25. The number of nitriles is 1. The average molecular weight is 309 g/mol. The molecular formula is C15H15N7O. The molecule has 23 heavy (non-hydrogen) atoms. The lowest BCUT2D eigenvalue weighted by atomic mass is 10.1. The van der Waals surface area contributed by atoms with Crippen molar-refractivity contribution in [3.63, 3.8) is 0 Å². The van der Waals surface area contributed by atoms with Gasteiger partial charge in [0.05, 0.1) is 0 Å². The van der Waals surface area contributed by atoms with Crippen LogP contribution in [0.1, 0.15) is 34.6 Å². The number of benzene rings is 1. The van der Waals surface area contributed by atoms with Crippen molar-refractivity contribution in [3.8, 4) is 6.07 Å². The molecule has 0 atom stereocenters. The summed E-state index contributed by atoms with van der Waals surface area (Å²) >= 11 is 0. The van der Waals surface area contributed by atoms with Crippen molar-refractivity contribution in [2.24, 2.45) is 0 Å². The van der Waals surface area contributed by atoms with Crippen LogP contribution in [0.4, 0.5) is 5.69 Å². The number of H-pyrrole nitrogens is 1. The highest BCUT2D eigenvalue weighted by Crippen LogP contribution is 2.21. The van der Waals surface area contributed by atoms with Gasteiger partial charge >= 0.3 is 0 Å². The minimum atomic E-state index is -0.0850.